The quantitative estimate of drug-likeness (QED) is 0.489. The van der Waals surface area contributed by atoms with Crippen LogP contribution >= 0.6 is 0 Å². The fraction of sp³-hybridized carbons (Fsp3) is 0.750. The molecule has 1 aromatic rings. The van der Waals surface area contributed by atoms with Gasteiger partial charge >= 0.3 is 0 Å². The summed E-state index contributed by atoms with van der Waals surface area (Å²) in [7, 11) is 3.97. The Labute approximate surface area is 149 Å². The van der Waals surface area contributed by atoms with Crippen LogP contribution in [-0.4, -0.2) is 82.1 Å². The first-order valence-corrected chi connectivity index (χ1v) is 8.59. The monoisotopic (exact) mass is 354 g/mol. The zero-order chi connectivity index (χ0) is 18.7. The number of hydrogen-bond donors (Lipinski definition) is 2. The predicted molar refractivity (Wildman–Crippen MR) is 93.6 cm³/mol. The van der Waals surface area contributed by atoms with Crippen molar-refractivity contribution in [2.45, 2.75) is 39.3 Å². The molecule has 0 fully saturated rings. The number of aryl methyl sites for hydroxylation is 1. The minimum atomic E-state index is -0.107. The van der Waals surface area contributed by atoms with Gasteiger partial charge in [-0.15, -0.1) is 5.10 Å². The summed E-state index contributed by atoms with van der Waals surface area (Å²) in [6.45, 7) is 3.97. The third-order valence-electron chi connectivity index (χ3n) is 3.62. The lowest BCUT2D eigenvalue weighted by Crippen LogP contribution is -2.38. The van der Waals surface area contributed by atoms with Crippen LogP contribution in [0.5, 0.6) is 0 Å². The van der Waals surface area contributed by atoms with Crippen LogP contribution < -0.4 is 5.32 Å². The summed E-state index contributed by atoms with van der Waals surface area (Å²) in [6, 6.07) is 0. The highest BCUT2D eigenvalue weighted by Crippen LogP contribution is 2.01. The molecule has 1 aromatic heterocycles. The molecule has 9 nitrogen and oxygen atoms in total. The Morgan fingerprint density at radius 2 is 2.04 bits per heavy atom. The number of carbonyl (C=O) groups is 2. The summed E-state index contributed by atoms with van der Waals surface area (Å²) in [5, 5.41) is 19.8. The molecule has 2 amide bonds. The molecule has 0 radical (unpaired) electrons. The van der Waals surface area contributed by atoms with Crippen LogP contribution in [0.3, 0.4) is 0 Å². The molecule has 0 saturated carbocycles. The number of rotatable bonds is 12. The average molecular weight is 354 g/mol. The Balaban J connectivity index is 2.14. The second-order valence-corrected chi connectivity index (χ2v) is 6.25. The van der Waals surface area contributed by atoms with E-state index in [1.54, 1.807) is 4.68 Å². The fourth-order valence-electron chi connectivity index (χ4n) is 2.37. The van der Waals surface area contributed by atoms with E-state index in [0.717, 1.165) is 31.6 Å². The Kier molecular flexibility index (Phi) is 9.71. The fourth-order valence-corrected chi connectivity index (χ4v) is 2.37. The Morgan fingerprint density at radius 3 is 2.68 bits per heavy atom. The van der Waals surface area contributed by atoms with Gasteiger partial charge in [0.05, 0.1) is 12.3 Å². The van der Waals surface area contributed by atoms with E-state index in [1.165, 1.54) is 11.8 Å². The molecule has 1 rings (SSSR count). The number of unbranched alkanes of at least 4 members (excludes halogenated alkanes) is 1. The number of nitrogens with zero attached hydrogens (tertiary/aromatic N) is 5. The van der Waals surface area contributed by atoms with Gasteiger partial charge in [-0.1, -0.05) is 5.21 Å². The van der Waals surface area contributed by atoms with Crippen LogP contribution in [0.2, 0.25) is 0 Å². The lowest BCUT2D eigenvalue weighted by Gasteiger charge is -2.19. The van der Waals surface area contributed by atoms with Crippen molar-refractivity contribution in [3.8, 4) is 0 Å². The number of aromatic nitrogens is 3. The summed E-state index contributed by atoms with van der Waals surface area (Å²) in [5.41, 5.74) is 0.931. The van der Waals surface area contributed by atoms with E-state index in [0.29, 0.717) is 26.1 Å². The minimum absolute atomic E-state index is 0.0283. The summed E-state index contributed by atoms with van der Waals surface area (Å²) in [4.78, 5) is 26.6. The van der Waals surface area contributed by atoms with Crippen LogP contribution in [0.15, 0.2) is 6.20 Å². The standard InChI is InChI=1S/C16H30N6O3/c1-14(24)21(10-11-23)9-7-17-16(25)6-4-5-8-22-13-15(18-19-22)12-20(2)3/h13,23H,4-12H2,1-3H3,(H,17,25). The molecule has 0 bridgehead atoms. The molecule has 0 aliphatic rings. The third-order valence-corrected chi connectivity index (χ3v) is 3.62. The highest BCUT2D eigenvalue weighted by Gasteiger charge is 2.08. The molecule has 0 atom stereocenters. The van der Waals surface area contributed by atoms with Crippen LogP contribution in [0.4, 0.5) is 0 Å². The highest BCUT2D eigenvalue weighted by molar-refractivity contribution is 5.76. The molecule has 1 heterocycles. The lowest BCUT2D eigenvalue weighted by atomic mass is 10.2. The van der Waals surface area contributed by atoms with E-state index in [-0.39, 0.29) is 18.4 Å². The van der Waals surface area contributed by atoms with Crippen LogP contribution in [0.1, 0.15) is 31.9 Å². The van der Waals surface area contributed by atoms with Gasteiger partial charge in [-0.3, -0.25) is 14.3 Å². The summed E-state index contributed by atoms with van der Waals surface area (Å²) >= 11 is 0. The first-order valence-electron chi connectivity index (χ1n) is 8.59. The van der Waals surface area contributed by atoms with Gasteiger partial charge in [-0.25, -0.2) is 0 Å². The number of hydrogen-bond acceptors (Lipinski definition) is 6. The van der Waals surface area contributed by atoms with E-state index in [9.17, 15) is 9.59 Å². The molecular weight excluding hydrogens is 324 g/mol. The van der Waals surface area contributed by atoms with E-state index < -0.39 is 0 Å². The van der Waals surface area contributed by atoms with Gasteiger partial charge in [0, 0.05) is 52.3 Å². The lowest BCUT2D eigenvalue weighted by molar-refractivity contribution is -0.130. The van der Waals surface area contributed by atoms with E-state index in [2.05, 4.69) is 15.6 Å². The summed E-state index contributed by atoms with van der Waals surface area (Å²) < 4.78 is 1.80. The van der Waals surface area contributed by atoms with Crippen molar-refractivity contribution >= 4 is 11.8 Å². The van der Waals surface area contributed by atoms with Crippen molar-refractivity contribution in [3.63, 3.8) is 0 Å². The Morgan fingerprint density at radius 1 is 1.28 bits per heavy atom. The van der Waals surface area contributed by atoms with Crippen molar-refractivity contribution in [1.82, 2.24) is 30.1 Å². The maximum Gasteiger partial charge on any atom is 0.220 e. The normalized spacial score (nSPS) is 10.9. The van der Waals surface area contributed by atoms with E-state index in [4.69, 9.17) is 5.11 Å². The second-order valence-electron chi connectivity index (χ2n) is 6.25. The first-order chi connectivity index (χ1) is 11.9. The molecule has 0 unspecified atom stereocenters. The maximum absolute atomic E-state index is 11.8. The van der Waals surface area contributed by atoms with Gasteiger partial charge in [0.25, 0.3) is 0 Å². The number of carbonyl (C=O) groups excluding carboxylic acids is 2. The van der Waals surface area contributed by atoms with Gasteiger partial charge in [0.2, 0.25) is 11.8 Å². The minimum Gasteiger partial charge on any atom is -0.395 e. The number of aliphatic hydroxyl groups excluding tert-OH is 1. The maximum atomic E-state index is 11.8. The molecular formula is C16H30N6O3. The highest BCUT2D eigenvalue weighted by atomic mass is 16.3. The van der Waals surface area contributed by atoms with Crippen molar-refractivity contribution in [1.29, 1.82) is 0 Å². The molecule has 0 aromatic carbocycles. The summed E-state index contributed by atoms with van der Waals surface area (Å²) in [5.74, 6) is -0.135. The number of aliphatic hydroxyl groups is 1. The van der Waals surface area contributed by atoms with Crippen molar-refractivity contribution in [2.24, 2.45) is 0 Å². The van der Waals surface area contributed by atoms with Gasteiger partial charge in [0.15, 0.2) is 0 Å². The first kappa shape index (κ1) is 21.0. The van der Waals surface area contributed by atoms with Crippen molar-refractivity contribution in [3.05, 3.63) is 11.9 Å². The average Bonchev–Trinajstić information content (AvgIpc) is 2.97. The van der Waals surface area contributed by atoms with E-state index >= 15 is 0 Å². The molecule has 142 valence electrons. The summed E-state index contributed by atoms with van der Waals surface area (Å²) in [6.07, 6.45) is 3.99. The van der Waals surface area contributed by atoms with Gasteiger partial charge in [-0.05, 0) is 26.9 Å². The molecule has 0 spiro atoms. The molecule has 9 heteroatoms. The Hall–Kier alpha value is -2.00. The van der Waals surface area contributed by atoms with Crippen LogP contribution in [0.25, 0.3) is 0 Å². The molecule has 0 aliphatic carbocycles. The van der Waals surface area contributed by atoms with Crippen LogP contribution in [-0.2, 0) is 22.7 Å². The largest absolute Gasteiger partial charge is 0.395 e. The SMILES string of the molecule is CC(=O)N(CCO)CCNC(=O)CCCCn1cc(CN(C)C)nn1. The van der Waals surface area contributed by atoms with Crippen molar-refractivity contribution < 1.29 is 14.7 Å². The van der Waals surface area contributed by atoms with E-state index in [1.807, 2.05) is 25.2 Å². The second kappa shape index (κ2) is 11.5. The molecule has 25 heavy (non-hydrogen) atoms. The predicted octanol–water partition coefficient (Wildman–Crippen LogP) is -0.533. The zero-order valence-corrected chi connectivity index (χ0v) is 15.4. The zero-order valence-electron chi connectivity index (χ0n) is 15.4. The van der Waals surface area contributed by atoms with Gasteiger partial charge in [-0.2, -0.15) is 0 Å². The topological polar surface area (TPSA) is 104 Å². The van der Waals surface area contributed by atoms with Gasteiger partial charge < -0.3 is 20.2 Å². The smallest absolute Gasteiger partial charge is 0.220 e. The molecule has 0 saturated heterocycles. The van der Waals surface area contributed by atoms with Crippen molar-refractivity contribution in [2.75, 3.05) is 40.3 Å². The number of nitrogens with one attached hydrogen (secondary N) is 1. The molecule has 2 N–H and O–H groups in total. The van der Waals surface area contributed by atoms with Gasteiger partial charge in [0.1, 0.15) is 0 Å². The molecule has 0 aliphatic heterocycles. The van der Waals surface area contributed by atoms with Crippen LogP contribution in [0, 0.1) is 0 Å². The third kappa shape index (κ3) is 9.16. The number of amides is 2. The Bertz CT molecular complexity index is 532.